The molecule has 0 saturated carbocycles. The van der Waals surface area contributed by atoms with E-state index in [9.17, 15) is 19.2 Å². The highest BCUT2D eigenvalue weighted by Gasteiger charge is 2.15. The van der Waals surface area contributed by atoms with Crippen LogP contribution in [0.15, 0.2) is 66.1 Å². The summed E-state index contributed by atoms with van der Waals surface area (Å²) in [5.74, 6) is -0.0189. The molecule has 1 aromatic heterocycles. The average molecular weight is 382 g/mol. The first-order chi connectivity index (χ1) is 13.0. The Morgan fingerprint density at radius 2 is 1.70 bits per heavy atom. The minimum Gasteiger partial charge on any atom is -0.423 e. The minimum absolute atomic E-state index is 0.146. The van der Waals surface area contributed by atoms with E-state index in [1.54, 1.807) is 24.3 Å². The minimum atomic E-state index is -1.53. The molecular weight excluding hydrogens is 366 g/mol. The maximum absolute atomic E-state index is 12.9. The van der Waals surface area contributed by atoms with E-state index >= 15 is 0 Å². The summed E-state index contributed by atoms with van der Waals surface area (Å²) in [5.41, 5.74) is 2.32. The Bertz CT molecular complexity index is 921. The molecule has 0 unspecified atom stereocenters. The van der Waals surface area contributed by atoms with E-state index in [0.717, 1.165) is 11.1 Å². The van der Waals surface area contributed by atoms with Gasteiger partial charge >= 0.3 is 7.12 Å². The lowest BCUT2D eigenvalue weighted by Crippen LogP contribution is -2.32. The summed E-state index contributed by atoms with van der Waals surface area (Å²) in [6.07, 6.45) is 3.08. The number of nitrogens with zero attached hydrogens (tertiary/aromatic N) is 2. The van der Waals surface area contributed by atoms with Crippen molar-refractivity contribution >= 4 is 30.1 Å². The molecule has 0 aliphatic rings. The fourth-order valence-corrected chi connectivity index (χ4v) is 3.29. The number of halogens is 1. The molecule has 0 aliphatic carbocycles. The van der Waals surface area contributed by atoms with Crippen LogP contribution in [-0.4, -0.2) is 32.9 Å². The van der Waals surface area contributed by atoms with Gasteiger partial charge in [0.15, 0.2) is 10.9 Å². The quantitative estimate of drug-likeness (QED) is 0.282. The lowest BCUT2D eigenvalue weighted by molar-refractivity contribution is 0.0992. The zero-order valence-corrected chi connectivity index (χ0v) is 15.1. The second-order valence-electron chi connectivity index (χ2n) is 5.84. The van der Waals surface area contributed by atoms with Gasteiger partial charge in [-0.15, -0.1) is 0 Å². The summed E-state index contributed by atoms with van der Waals surface area (Å²) in [4.78, 5) is 20.7. The Hall–Kier alpha value is -2.55. The maximum atomic E-state index is 12.9. The number of rotatable bonds is 7. The van der Waals surface area contributed by atoms with Crippen molar-refractivity contribution in [2.24, 2.45) is 0 Å². The van der Waals surface area contributed by atoms with Crippen LogP contribution in [0.1, 0.15) is 21.5 Å². The Labute approximate surface area is 160 Å². The third-order valence-electron chi connectivity index (χ3n) is 3.92. The standard InChI is InChI=1S/C19H16BFN2O3S/c21-16-7-5-13(6-8-16)9-18(24)15-10-22-19(23-11-15)27-12-14-3-1-2-4-17(14)20(25)26/h1-8,10-11,25-26H,9,12H2. The molecule has 0 saturated heterocycles. The molecule has 2 N–H and O–H groups in total. The molecule has 27 heavy (non-hydrogen) atoms. The van der Waals surface area contributed by atoms with E-state index in [1.807, 2.05) is 12.1 Å². The van der Waals surface area contributed by atoms with Crippen LogP contribution in [0.25, 0.3) is 0 Å². The van der Waals surface area contributed by atoms with Crippen LogP contribution >= 0.6 is 11.8 Å². The Balaban J connectivity index is 1.62. The summed E-state index contributed by atoms with van der Waals surface area (Å²) in [5, 5.41) is 19.3. The number of ketones is 1. The number of benzene rings is 2. The normalized spacial score (nSPS) is 10.6. The van der Waals surface area contributed by atoms with E-state index in [0.29, 0.717) is 21.9 Å². The number of hydrogen-bond donors (Lipinski definition) is 2. The fraction of sp³-hybridized carbons (Fsp3) is 0.105. The molecule has 1 heterocycles. The van der Waals surface area contributed by atoms with Gasteiger partial charge in [-0.05, 0) is 28.7 Å². The first-order valence-electron chi connectivity index (χ1n) is 8.19. The van der Waals surface area contributed by atoms with Gasteiger partial charge in [0.05, 0.1) is 5.56 Å². The largest absolute Gasteiger partial charge is 0.488 e. The molecule has 0 atom stereocenters. The first-order valence-corrected chi connectivity index (χ1v) is 9.18. The summed E-state index contributed by atoms with van der Waals surface area (Å²) >= 11 is 1.33. The van der Waals surface area contributed by atoms with Gasteiger partial charge in [-0.1, -0.05) is 48.2 Å². The van der Waals surface area contributed by atoms with Crippen molar-refractivity contribution in [1.29, 1.82) is 0 Å². The van der Waals surface area contributed by atoms with E-state index in [4.69, 9.17) is 0 Å². The zero-order valence-electron chi connectivity index (χ0n) is 14.2. The van der Waals surface area contributed by atoms with Crippen LogP contribution in [0.5, 0.6) is 0 Å². The number of carbonyl (C=O) groups excluding carboxylic acids is 1. The second-order valence-corrected chi connectivity index (χ2v) is 6.78. The number of aromatic nitrogens is 2. The molecule has 136 valence electrons. The predicted molar refractivity (Wildman–Crippen MR) is 102 cm³/mol. The molecule has 0 amide bonds. The third kappa shape index (κ3) is 5.23. The van der Waals surface area contributed by atoms with E-state index < -0.39 is 7.12 Å². The van der Waals surface area contributed by atoms with Gasteiger partial charge in [0, 0.05) is 24.6 Å². The van der Waals surface area contributed by atoms with Crippen LogP contribution in [-0.2, 0) is 12.2 Å². The van der Waals surface area contributed by atoms with Crippen LogP contribution in [0.2, 0.25) is 0 Å². The summed E-state index contributed by atoms with van der Waals surface area (Å²) < 4.78 is 12.9. The van der Waals surface area contributed by atoms with Crippen LogP contribution in [0.4, 0.5) is 4.39 Å². The fourth-order valence-electron chi connectivity index (χ4n) is 2.48. The van der Waals surface area contributed by atoms with Gasteiger partial charge in [0.2, 0.25) is 0 Å². The monoisotopic (exact) mass is 382 g/mol. The Morgan fingerprint density at radius 1 is 1.04 bits per heavy atom. The van der Waals surface area contributed by atoms with Crippen LogP contribution in [0, 0.1) is 5.82 Å². The molecule has 2 aromatic carbocycles. The lowest BCUT2D eigenvalue weighted by Gasteiger charge is -2.08. The van der Waals surface area contributed by atoms with Gasteiger partial charge in [-0.25, -0.2) is 14.4 Å². The predicted octanol–water partition coefficient (Wildman–Crippen LogP) is 2.01. The number of carbonyl (C=O) groups is 1. The van der Waals surface area contributed by atoms with Crippen LogP contribution in [0.3, 0.4) is 0 Å². The summed E-state index contributed by atoms with van der Waals surface area (Å²) in [7, 11) is -1.53. The third-order valence-corrected chi connectivity index (χ3v) is 4.84. The average Bonchev–Trinajstić information content (AvgIpc) is 2.68. The molecule has 3 rings (SSSR count). The molecule has 0 fully saturated rings. The van der Waals surface area contributed by atoms with E-state index in [-0.39, 0.29) is 18.0 Å². The van der Waals surface area contributed by atoms with E-state index in [2.05, 4.69) is 9.97 Å². The van der Waals surface area contributed by atoms with Crippen molar-refractivity contribution in [2.45, 2.75) is 17.3 Å². The highest BCUT2D eigenvalue weighted by atomic mass is 32.2. The zero-order chi connectivity index (χ0) is 19.2. The number of thioether (sulfide) groups is 1. The molecule has 0 radical (unpaired) electrons. The SMILES string of the molecule is O=C(Cc1ccc(F)cc1)c1cnc(SCc2ccccc2B(O)O)nc1. The molecule has 0 bridgehead atoms. The van der Waals surface area contributed by atoms with Gasteiger partial charge in [-0.2, -0.15) is 0 Å². The topological polar surface area (TPSA) is 83.3 Å². The second kappa shape index (κ2) is 8.90. The molecule has 3 aromatic rings. The van der Waals surface area contributed by atoms with Crippen LogP contribution < -0.4 is 5.46 Å². The van der Waals surface area contributed by atoms with E-state index in [1.165, 1.54) is 36.3 Å². The highest BCUT2D eigenvalue weighted by molar-refractivity contribution is 7.98. The van der Waals surface area contributed by atoms with Crippen molar-refractivity contribution in [2.75, 3.05) is 0 Å². The van der Waals surface area contributed by atoms with Gasteiger partial charge < -0.3 is 10.0 Å². The smallest absolute Gasteiger partial charge is 0.423 e. The van der Waals surface area contributed by atoms with Crippen molar-refractivity contribution in [3.63, 3.8) is 0 Å². The van der Waals surface area contributed by atoms with Crippen molar-refractivity contribution in [1.82, 2.24) is 9.97 Å². The summed E-state index contributed by atoms with van der Waals surface area (Å²) in [6.45, 7) is 0. The molecule has 5 nitrogen and oxygen atoms in total. The lowest BCUT2D eigenvalue weighted by atomic mass is 9.77. The van der Waals surface area contributed by atoms with Crippen molar-refractivity contribution in [3.8, 4) is 0 Å². The Kier molecular flexibility index (Phi) is 6.34. The maximum Gasteiger partial charge on any atom is 0.488 e. The van der Waals surface area contributed by atoms with Gasteiger partial charge in [0.1, 0.15) is 5.82 Å². The van der Waals surface area contributed by atoms with Crippen molar-refractivity contribution in [3.05, 3.63) is 83.4 Å². The highest BCUT2D eigenvalue weighted by Crippen LogP contribution is 2.18. The summed E-state index contributed by atoms with van der Waals surface area (Å²) in [6, 6.07) is 12.8. The molecular formula is C19H16BFN2O3S. The Morgan fingerprint density at radius 3 is 2.37 bits per heavy atom. The molecule has 0 spiro atoms. The van der Waals surface area contributed by atoms with Crippen molar-refractivity contribution < 1.29 is 19.2 Å². The number of hydrogen-bond acceptors (Lipinski definition) is 6. The van der Waals surface area contributed by atoms with Gasteiger partial charge in [0.25, 0.3) is 0 Å². The van der Waals surface area contributed by atoms with Gasteiger partial charge in [-0.3, -0.25) is 4.79 Å². The number of Topliss-reactive ketones (excluding diaryl/α,β-unsaturated/α-hetero) is 1. The molecule has 0 aliphatic heterocycles. The first kappa shape index (κ1) is 19.2. The molecule has 8 heteroatoms.